The molecule has 0 radical (unpaired) electrons. The second-order valence-electron chi connectivity index (χ2n) is 4.72. The Bertz CT molecular complexity index is 651. The smallest absolute Gasteiger partial charge is 0.358 e. The molecule has 1 amide bonds. The summed E-state index contributed by atoms with van der Waals surface area (Å²) < 4.78 is 1.30. The van der Waals surface area contributed by atoms with E-state index in [2.05, 4.69) is 10.3 Å². The Morgan fingerprint density at radius 1 is 1.29 bits per heavy atom. The number of rotatable bonds is 5. The van der Waals surface area contributed by atoms with Gasteiger partial charge in [0.2, 0.25) is 5.91 Å². The standard InChI is InChI=1S/C14H16N4O3/c1-10-13(14(20)21)15-16-18(10)9-12(19)17(2)8-11-6-4-3-5-7-11/h3-7H,8-9H2,1-2H3,(H,20,21). The number of carbonyl (C=O) groups is 2. The van der Waals surface area contributed by atoms with Gasteiger partial charge in [0.15, 0.2) is 5.69 Å². The van der Waals surface area contributed by atoms with Gasteiger partial charge < -0.3 is 10.0 Å². The average Bonchev–Trinajstić information content (AvgIpc) is 2.81. The highest BCUT2D eigenvalue weighted by molar-refractivity contribution is 5.86. The van der Waals surface area contributed by atoms with E-state index in [0.717, 1.165) is 5.56 Å². The maximum Gasteiger partial charge on any atom is 0.358 e. The van der Waals surface area contributed by atoms with Crippen LogP contribution in [0.25, 0.3) is 0 Å². The lowest BCUT2D eigenvalue weighted by molar-refractivity contribution is -0.131. The summed E-state index contributed by atoms with van der Waals surface area (Å²) in [6.45, 7) is 2.03. The molecule has 2 rings (SSSR count). The van der Waals surface area contributed by atoms with Crippen molar-refractivity contribution in [3.05, 3.63) is 47.3 Å². The van der Waals surface area contributed by atoms with E-state index in [1.54, 1.807) is 18.9 Å². The number of aromatic nitrogens is 3. The van der Waals surface area contributed by atoms with Crippen LogP contribution in [-0.4, -0.2) is 43.9 Å². The number of carboxylic acids is 1. The van der Waals surface area contributed by atoms with E-state index in [1.165, 1.54) is 4.68 Å². The van der Waals surface area contributed by atoms with Crippen LogP contribution >= 0.6 is 0 Å². The summed E-state index contributed by atoms with van der Waals surface area (Å²) in [5, 5.41) is 16.2. The number of nitrogens with zero attached hydrogens (tertiary/aromatic N) is 4. The molecule has 0 saturated carbocycles. The molecule has 0 aliphatic rings. The quantitative estimate of drug-likeness (QED) is 0.884. The fourth-order valence-corrected chi connectivity index (χ4v) is 1.90. The lowest BCUT2D eigenvalue weighted by atomic mass is 10.2. The number of carbonyl (C=O) groups excluding carboxylic acids is 1. The van der Waals surface area contributed by atoms with Gasteiger partial charge in [-0.25, -0.2) is 9.48 Å². The number of amides is 1. The molecule has 1 aromatic heterocycles. The SMILES string of the molecule is Cc1c(C(=O)O)nnn1CC(=O)N(C)Cc1ccccc1. The summed E-state index contributed by atoms with van der Waals surface area (Å²) in [7, 11) is 1.69. The molecule has 1 N–H and O–H groups in total. The lowest BCUT2D eigenvalue weighted by Gasteiger charge is -2.17. The Labute approximate surface area is 121 Å². The Kier molecular flexibility index (Phi) is 4.32. The molecule has 110 valence electrons. The normalized spacial score (nSPS) is 10.4. The largest absolute Gasteiger partial charge is 0.476 e. The van der Waals surface area contributed by atoms with E-state index in [-0.39, 0.29) is 18.1 Å². The predicted octanol–water partition coefficient (Wildman–Crippen LogP) is 0.943. The van der Waals surface area contributed by atoms with Crippen LogP contribution in [0.5, 0.6) is 0 Å². The summed E-state index contributed by atoms with van der Waals surface area (Å²) >= 11 is 0. The predicted molar refractivity (Wildman–Crippen MR) is 74.6 cm³/mol. The third kappa shape index (κ3) is 3.44. The number of benzene rings is 1. The minimum atomic E-state index is -1.15. The first-order valence-corrected chi connectivity index (χ1v) is 6.40. The van der Waals surface area contributed by atoms with Crippen LogP contribution in [0.1, 0.15) is 21.7 Å². The van der Waals surface area contributed by atoms with Crippen LogP contribution in [0.4, 0.5) is 0 Å². The van der Waals surface area contributed by atoms with Crippen LogP contribution in [0.2, 0.25) is 0 Å². The molecule has 0 aliphatic heterocycles. The summed E-state index contributed by atoms with van der Waals surface area (Å²) in [5.41, 5.74) is 1.26. The van der Waals surface area contributed by atoms with E-state index in [1.807, 2.05) is 30.3 Å². The molecular formula is C14H16N4O3. The molecule has 1 heterocycles. The molecule has 0 aliphatic carbocycles. The molecule has 0 saturated heterocycles. The minimum Gasteiger partial charge on any atom is -0.476 e. The number of hydrogen-bond acceptors (Lipinski definition) is 4. The third-order valence-corrected chi connectivity index (χ3v) is 3.16. The van der Waals surface area contributed by atoms with Gasteiger partial charge in [0.05, 0.1) is 5.69 Å². The van der Waals surface area contributed by atoms with Crippen molar-refractivity contribution in [1.82, 2.24) is 19.9 Å². The van der Waals surface area contributed by atoms with E-state index in [9.17, 15) is 9.59 Å². The zero-order valence-electron chi connectivity index (χ0n) is 11.9. The molecule has 0 unspecified atom stereocenters. The Hall–Kier alpha value is -2.70. The zero-order chi connectivity index (χ0) is 15.4. The van der Waals surface area contributed by atoms with Gasteiger partial charge in [0, 0.05) is 13.6 Å². The zero-order valence-corrected chi connectivity index (χ0v) is 11.9. The van der Waals surface area contributed by atoms with Gasteiger partial charge in [0.25, 0.3) is 0 Å². The summed E-state index contributed by atoms with van der Waals surface area (Å²) in [5.74, 6) is -1.31. The van der Waals surface area contributed by atoms with Gasteiger partial charge in [0.1, 0.15) is 6.54 Å². The van der Waals surface area contributed by atoms with Crippen molar-refractivity contribution < 1.29 is 14.7 Å². The van der Waals surface area contributed by atoms with E-state index >= 15 is 0 Å². The highest BCUT2D eigenvalue weighted by Gasteiger charge is 2.18. The van der Waals surface area contributed by atoms with Crippen molar-refractivity contribution in [2.75, 3.05) is 7.05 Å². The Morgan fingerprint density at radius 3 is 2.52 bits per heavy atom. The third-order valence-electron chi connectivity index (χ3n) is 3.16. The number of carboxylic acid groups (broad SMARTS) is 1. The van der Waals surface area contributed by atoms with Crippen molar-refractivity contribution in [3.63, 3.8) is 0 Å². The van der Waals surface area contributed by atoms with Crippen LogP contribution in [0.15, 0.2) is 30.3 Å². The van der Waals surface area contributed by atoms with Crippen molar-refractivity contribution in [2.24, 2.45) is 0 Å². The second-order valence-corrected chi connectivity index (χ2v) is 4.72. The molecule has 7 nitrogen and oxygen atoms in total. The van der Waals surface area contributed by atoms with Gasteiger partial charge >= 0.3 is 5.97 Å². The first kappa shape index (κ1) is 14.7. The van der Waals surface area contributed by atoms with Crippen LogP contribution in [0, 0.1) is 6.92 Å². The number of likely N-dealkylation sites (N-methyl/N-ethyl adjacent to an activating group) is 1. The maximum absolute atomic E-state index is 12.1. The van der Waals surface area contributed by atoms with Crippen molar-refractivity contribution in [3.8, 4) is 0 Å². The Morgan fingerprint density at radius 2 is 1.95 bits per heavy atom. The molecule has 0 fully saturated rings. The highest BCUT2D eigenvalue weighted by atomic mass is 16.4. The number of hydrogen-bond donors (Lipinski definition) is 1. The fourth-order valence-electron chi connectivity index (χ4n) is 1.90. The molecule has 0 bridgehead atoms. The van der Waals surface area contributed by atoms with E-state index < -0.39 is 5.97 Å². The van der Waals surface area contributed by atoms with E-state index in [4.69, 9.17) is 5.11 Å². The average molecular weight is 288 g/mol. The number of aromatic carboxylic acids is 1. The van der Waals surface area contributed by atoms with Crippen molar-refractivity contribution in [2.45, 2.75) is 20.0 Å². The second kappa shape index (κ2) is 6.17. The first-order valence-electron chi connectivity index (χ1n) is 6.40. The van der Waals surface area contributed by atoms with Gasteiger partial charge in [-0.15, -0.1) is 5.10 Å². The molecule has 2 aromatic rings. The molecule has 7 heteroatoms. The van der Waals surface area contributed by atoms with Gasteiger partial charge in [-0.2, -0.15) is 0 Å². The van der Waals surface area contributed by atoms with E-state index in [0.29, 0.717) is 12.2 Å². The molecule has 0 spiro atoms. The van der Waals surface area contributed by atoms with Gasteiger partial charge in [-0.1, -0.05) is 35.5 Å². The van der Waals surface area contributed by atoms with Crippen LogP contribution < -0.4 is 0 Å². The van der Waals surface area contributed by atoms with Crippen LogP contribution in [-0.2, 0) is 17.9 Å². The van der Waals surface area contributed by atoms with Crippen molar-refractivity contribution >= 4 is 11.9 Å². The monoisotopic (exact) mass is 288 g/mol. The Balaban J connectivity index is 2.02. The maximum atomic E-state index is 12.1. The summed E-state index contributed by atoms with van der Waals surface area (Å²) in [4.78, 5) is 24.6. The molecule has 1 aromatic carbocycles. The highest BCUT2D eigenvalue weighted by Crippen LogP contribution is 2.06. The minimum absolute atomic E-state index is 0.0323. The van der Waals surface area contributed by atoms with Crippen LogP contribution in [0.3, 0.4) is 0 Å². The van der Waals surface area contributed by atoms with Gasteiger partial charge in [-0.3, -0.25) is 4.79 Å². The summed E-state index contributed by atoms with van der Waals surface area (Å²) in [6.07, 6.45) is 0. The molecule has 0 atom stereocenters. The molecule has 21 heavy (non-hydrogen) atoms. The first-order chi connectivity index (χ1) is 9.99. The van der Waals surface area contributed by atoms with Crippen molar-refractivity contribution in [1.29, 1.82) is 0 Å². The summed E-state index contributed by atoms with van der Waals surface area (Å²) in [6, 6.07) is 9.61. The molecular weight excluding hydrogens is 272 g/mol. The lowest BCUT2D eigenvalue weighted by Crippen LogP contribution is -2.30. The topological polar surface area (TPSA) is 88.3 Å². The fraction of sp³-hybridized carbons (Fsp3) is 0.286. The van der Waals surface area contributed by atoms with Gasteiger partial charge in [-0.05, 0) is 12.5 Å².